The van der Waals surface area contributed by atoms with Gasteiger partial charge < -0.3 is 5.11 Å². The summed E-state index contributed by atoms with van der Waals surface area (Å²) in [5.74, 6) is 0.342. The summed E-state index contributed by atoms with van der Waals surface area (Å²) >= 11 is 0. The number of halogens is 1. The van der Waals surface area contributed by atoms with Crippen molar-refractivity contribution in [1.82, 2.24) is 4.72 Å². The van der Waals surface area contributed by atoms with Gasteiger partial charge in [-0.2, -0.15) is 0 Å². The molecule has 0 spiro atoms. The molecule has 2 unspecified atom stereocenters. The zero-order chi connectivity index (χ0) is 14.8. The molecule has 20 heavy (non-hydrogen) atoms. The number of rotatable bonds is 5. The molecular formula is C14H20FNO3S. The van der Waals surface area contributed by atoms with Crippen LogP contribution in [0.2, 0.25) is 0 Å². The van der Waals surface area contributed by atoms with E-state index in [0.29, 0.717) is 18.4 Å². The van der Waals surface area contributed by atoms with Crippen LogP contribution in [0, 0.1) is 17.7 Å². The monoisotopic (exact) mass is 301 g/mol. The summed E-state index contributed by atoms with van der Waals surface area (Å²) in [6.45, 7) is 2.09. The van der Waals surface area contributed by atoms with Crippen molar-refractivity contribution in [2.75, 3.05) is 6.54 Å². The summed E-state index contributed by atoms with van der Waals surface area (Å²) in [7, 11) is -3.78. The number of hydrogen-bond acceptors (Lipinski definition) is 3. The number of aliphatic hydroxyl groups is 1. The van der Waals surface area contributed by atoms with E-state index < -0.39 is 22.4 Å². The van der Waals surface area contributed by atoms with Crippen LogP contribution in [0.3, 0.4) is 0 Å². The van der Waals surface area contributed by atoms with E-state index in [4.69, 9.17) is 0 Å². The fourth-order valence-electron chi connectivity index (χ4n) is 2.72. The highest BCUT2D eigenvalue weighted by Crippen LogP contribution is 2.30. The number of sulfonamides is 1. The minimum Gasteiger partial charge on any atom is -0.392 e. The Morgan fingerprint density at radius 3 is 2.75 bits per heavy atom. The SMILES string of the molecule is CC1CCC(CNS(=O)(=O)c2cc(F)ccc2CO)C1. The summed E-state index contributed by atoms with van der Waals surface area (Å²) in [6.07, 6.45) is 3.15. The predicted molar refractivity (Wildman–Crippen MR) is 74.0 cm³/mol. The van der Waals surface area contributed by atoms with E-state index in [2.05, 4.69) is 11.6 Å². The second-order valence-electron chi connectivity index (χ2n) is 5.55. The number of aliphatic hydroxyl groups excluding tert-OH is 1. The van der Waals surface area contributed by atoms with E-state index in [0.717, 1.165) is 31.4 Å². The molecule has 0 aliphatic heterocycles. The van der Waals surface area contributed by atoms with Gasteiger partial charge in [0.05, 0.1) is 11.5 Å². The Kier molecular flexibility index (Phi) is 4.78. The maximum absolute atomic E-state index is 13.2. The molecular weight excluding hydrogens is 281 g/mol. The first-order valence-electron chi connectivity index (χ1n) is 6.81. The van der Waals surface area contributed by atoms with Crippen molar-refractivity contribution in [3.05, 3.63) is 29.6 Å². The second kappa shape index (κ2) is 6.20. The highest BCUT2D eigenvalue weighted by molar-refractivity contribution is 7.89. The van der Waals surface area contributed by atoms with Gasteiger partial charge in [0.25, 0.3) is 0 Å². The minimum atomic E-state index is -3.78. The number of benzene rings is 1. The van der Waals surface area contributed by atoms with Gasteiger partial charge in [-0.05, 0) is 42.4 Å². The predicted octanol–water partition coefficient (Wildman–Crippen LogP) is 2.03. The molecule has 0 heterocycles. The maximum Gasteiger partial charge on any atom is 0.241 e. The molecule has 0 saturated heterocycles. The van der Waals surface area contributed by atoms with Crippen LogP contribution in [0.4, 0.5) is 4.39 Å². The van der Waals surface area contributed by atoms with Crippen molar-refractivity contribution in [2.45, 2.75) is 37.7 Å². The third-order valence-corrected chi connectivity index (χ3v) is 5.36. The van der Waals surface area contributed by atoms with Crippen molar-refractivity contribution in [1.29, 1.82) is 0 Å². The zero-order valence-electron chi connectivity index (χ0n) is 11.5. The molecule has 1 fully saturated rings. The molecule has 112 valence electrons. The van der Waals surface area contributed by atoms with Gasteiger partial charge in [-0.3, -0.25) is 0 Å². The molecule has 4 nitrogen and oxygen atoms in total. The quantitative estimate of drug-likeness (QED) is 0.874. The van der Waals surface area contributed by atoms with Gasteiger partial charge in [0, 0.05) is 6.54 Å². The molecule has 6 heteroatoms. The Morgan fingerprint density at radius 1 is 1.40 bits per heavy atom. The van der Waals surface area contributed by atoms with Crippen molar-refractivity contribution in [2.24, 2.45) is 11.8 Å². The van der Waals surface area contributed by atoms with Crippen LogP contribution in [-0.2, 0) is 16.6 Å². The van der Waals surface area contributed by atoms with E-state index in [1.807, 2.05) is 0 Å². The topological polar surface area (TPSA) is 66.4 Å². The number of hydrogen-bond donors (Lipinski definition) is 2. The van der Waals surface area contributed by atoms with E-state index in [1.165, 1.54) is 6.07 Å². The first-order valence-corrected chi connectivity index (χ1v) is 8.29. The fourth-order valence-corrected chi connectivity index (χ4v) is 4.08. The highest BCUT2D eigenvalue weighted by atomic mass is 32.2. The molecule has 2 atom stereocenters. The van der Waals surface area contributed by atoms with Crippen LogP contribution in [0.15, 0.2) is 23.1 Å². The third-order valence-electron chi connectivity index (χ3n) is 3.85. The van der Waals surface area contributed by atoms with E-state index in [-0.39, 0.29) is 10.5 Å². The van der Waals surface area contributed by atoms with Crippen LogP contribution in [0.25, 0.3) is 0 Å². The Balaban J connectivity index is 2.12. The lowest BCUT2D eigenvalue weighted by molar-refractivity contribution is 0.278. The minimum absolute atomic E-state index is 0.175. The average Bonchev–Trinajstić information content (AvgIpc) is 2.82. The maximum atomic E-state index is 13.2. The molecule has 1 saturated carbocycles. The van der Waals surface area contributed by atoms with Crippen LogP contribution in [0.5, 0.6) is 0 Å². The van der Waals surface area contributed by atoms with E-state index in [9.17, 15) is 17.9 Å². The number of nitrogens with one attached hydrogen (secondary N) is 1. The molecule has 2 rings (SSSR count). The molecule has 1 aliphatic carbocycles. The first-order chi connectivity index (χ1) is 9.42. The molecule has 0 radical (unpaired) electrons. The molecule has 2 N–H and O–H groups in total. The molecule has 1 aromatic carbocycles. The molecule has 0 amide bonds. The summed E-state index contributed by atoms with van der Waals surface area (Å²) < 4.78 is 40.2. The van der Waals surface area contributed by atoms with E-state index >= 15 is 0 Å². The summed E-state index contributed by atoms with van der Waals surface area (Å²) in [5.41, 5.74) is 0.207. The zero-order valence-corrected chi connectivity index (χ0v) is 12.3. The summed E-state index contributed by atoms with van der Waals surface area (Å²) in [6, 6.07) is 3.38. The Labute approximate surface area is 119 Å². The molecule has 0 aromatic heterocycles. The van der Waals surface area contributed by atoms with Crippen LogP contribution in [-0.4, -0.2) is 20.1 Å². The Hall–Kier alpha value is -0.980. The lowest BCUT2D eigenvalue weighted by Gasteiger charge is -2.13. The third kappa shape index (κ3) is 3.56. The van der Waals surface area contributed by atoms with Gasteiger partial charge in [-0.1, -0.05) is 19.4 Å². The second-order valence-corrected chi connectivity index (χ2v) is 7.28. The van der Waals surface area contributed by atoms with Gasteiger partial charge in [0.15, 0.2) is 0 Å². The largest absolute Gasteiger partial charge is 0.392 e. The molecule has 0 bridgehead atoms. The van der Waals surface area contributed by atoms with E-state index in [1.54, 1.807) is 0 Å². The van der Waals surface area contributed by atoms with Crippen molar-refractivity contribution < 1.29 is 17.9 Å². The van der Waals surface area contributed by atoms with Gasteiger partial charge in [-0.15, -0.1) is 0 Å². The average molecular weight is 301 g/mol. The lowest BCUT2D eigenvalue weighted by Crippen LogP contribution is -2.29. The Morgan fingerprint density at radius 2 is 2.15 bits per heavy atom. The van der Waals surface area contributed by atoms with Gasteiger partial charge in [-0.25, -0.2) is 17.5 Å². The summed E-state index contributed by atoms with van der Waals surface area (Å²) in [4.78, 5) is -0.175. The van der Waals surface area contributed by atoms with Crippen LogP contribution in [0.1, 0.15) is 31.7 Å². The van der Waals surface area contributed by atoms with Crippen molar-refractivity contribution in [3.63, 3.8) is 0 Å². The van der Waals surface area contributed by atoms with Gasteiger partial charge in [0.2, 0.25) is 10.0 Å². The highest BCUT2D eigenvalue weighted by Gasteiger charge is 2.25. The van der Waals surface area contributed by atoms with Crippen LogP contribution >= 0.6 is 0 Å². The lowest BCUT2D eigenvalue weighted by atomic mass is 10.1. The normalized spacial score (nSPS) is 23.1. The van der Waals surface area contributed by atoms with Gasteiger partial charge in [0.1, 0.15) is 5.82 Å². The van der Waals surface area contributed by atoms with Crippen molar-refractivity contribution in [3.8, 4) is 0 Å². The first kappa shape index (κ1) is 15.4. The Bertz CT molecular complexity index is 574. The van der Waals surface area contributed by atoms with Crippen molar-refractivity contribution >= 4 is 10.0 Å². The smallest absolute Gasteiger partial charge is 0.241 e. The fraction of sp³-hybridized carbons (Fsp3) is 0.571. The summed E-state index contributed by atoms with van der Waals surface area (Å²) in [5, 5.41) is 9.17. The van der Waals surface area contributed by atoms with Gasteiger partial charge >= 0.3 is 0 Å². The molecule has 1 aliphatic rings. The van der Waals surface area contributed by atoms with Crippen LogP contribution < -0.4 is 4.72 Å². The molecule has 1 aromatic rings. The standard InChI is InChI=1S/C14H20FNO3S/c1-10-2-3-11(6-10)8-16-20(18,19)14-7-13(15)5-4-12(14)9-17/h4-5,7,10-11,16-17H,2-3,6,8-9H2,1H3.